The SMILES string of the molecule is FC(F)(F)C(Cl)(Cl)C(F)(F)c1nnnc(C(F)(F)C(Cl)(Cl)C(F)(F)F)c1C(F)(F)C(Cl)(Cl)C(F)(F)F. The third kappa shape index (κ3) is 4.91. The molecule has 0 aliphatic carbocycles. The second kappa shape index (κ2) is 9.13. The molecule has 24 heteroatoms. The highest BCUT2D eigenvalue weighted by Gasteiger charge is 2.78. The maximum atomic E-state index is 14.9. The molecule has 1 heterocycles. The van der Waals surface area contributed by atoms with E-state index in [9.17, 15) is 65.9 Å². The van der Waals surface area contributed by atoms with Crippen LogP contribution in [0.15, 0.2) is 0 Å². The molecule has 0 saturated carbocycles. The van der Waals surface area contributed by atoms with Crippen molar-refractivity contribution in [3.8, 4) is 0 Å². The predicted molar refractivity (Wildman–Crippen MR) is 93.0 cm³/mol. The molecule has 1 aromatic rings. The minimum atomic E-state index is -6.74. The maximum Gasteiger partial charge on any atom is 0.427 e. The number of hydrogen-bond acceptors (Lipinski definition) is 3. The van der Waals surface area contributed by atoms with Crippen LogP contribution < -0.4 is 0 Å². The molecule has 0 radical (unpaired) electrons. The Bertz CT molecular complexity index is 930. The third-order valence-corrected chi connectivity index (χ3v) is 6.63. The summed E-state index contributed by atoms with van der Waals surface area (Å²) in [6, 6.07) is 0. The predicted octanol–water partition coefficient (Wildman–Crippen LogP) is 8.36. The summed E-state index contributed by atoms with van der Waals surface area (Å²) >= 11 is 26.7. The van der Waals surface area contributed by atoms with E-state index in [4.69, 9.17) is 0 Å². The van der Waals surface area contributed by atoms with Gasteiger partial charge in [0, 0.05) is 0 Å². The quantitative estimate of drug-likeness (QED) is 0.224. The normalized spacial score (nSPS) is 15.9. The van der Waals surface area contributed by atoms with Crippen LogP contribution in [0.5, 0.6) is 0 Å². The average Bonchev–Trinajstić information content (AvgIpc) is 2.64. The van der Waals surface area contributed by atoms with Gasteiger partial charge in [-0.3, -0.25) is 0 Å². The molecule has 0 atom stereocenters. The molecule has 0 aliphatic heterocycles. The van der Waals surface area contributed by atoms with E-state index in [1.807, 2.05) is 15.4 Å². The van der Waals surface area contributed by atoms with Crippen molar-refractivity contribution in [3.63, 3.8) is 0 Å². The van der Waals surface area contributed by atoms with Crippen LogP contribution in [0.2, 0.25) is 0 Å². The molecule has 0 fully saturated rings. The van der Waals surface area contributed by atoms with Gasteiger partial charge in [-0.15, -0.1) is 10.2 Å². The minimum Gasteiger partial charge on any atom is -0.197 e. The van der Waals surface area contributed by atoms with E-state index in [0.717, 1.165) is 0 Å². The summed E-state index contributed by atoms with van der Waals surface area (Å²) in [5.41, 5.74) is -11.1. The zero-order valence-corrected chi connectivity index (χ0v) is 19.8. The second-order valence-corrected chi connectivity index (χ2v) is 10.3. The van der Waals surface area contributed by atoms with E-state index in [1.165, 1.54) is 0 Å². The van der Waals surface area contributed by atoms with E-state index in [2.05, 4.69) is 69.6 Å². The number of aromatic nitrogens is 3. The number of alkyl halides is 21. The Kier molecular flexibility index (Phi) is 8.55. The largest absolute Gasteiger partial charge is 0.427 e. The molecule has 0 spiro atoms. The van der Waals surface area contributed by atoms with Gasteiger partial charge in [-0.1, -0.05) is 69.6 Å². The smallest absolute Gasteiger partial charge is 0.197 e. The van der Waals surface area contributed by atoms with Gasteiger partial charge >= 0.3 is 36.3 Å². The van der Waals surface area contributed by atoms with Crippen molar-refractivity contribution in [2.24, 2.45) is 0 Å². The fourth-order valence-corrected chi connectivity index (χ4v) is 2.60. The molecule has 0 saturated heterocycles. The van der Waals surface area contributed by atoms with Crippen molar-refractivity contribution >= 4 is 69.6 Å². The molecular formula is C12Cl6F15N3. The lowest BCUT2D eigenvalue weighted by atomic mass is 9.92. The van der Waals surface area contributed by atoms with Gasteiger partial charge in [-0.2, -0.15) is 65.9 Å². The van der Waals surface area contributed by atoms with E-state index in [0.29, 0.717) is 0 Å². The number of nitrogens with zero attached hydrogens (tertiary/aromatic N) is 3. The van der Waals surface area contributed by atoms with Gasteiger partial charge in [0.15, 0.2) is 0 Å². The van der Waals surface area contributed by atoms with Gasteiger partial charge in [-0.25, -0.2) is 0 Å². The molecule has 0 aliphatic rings. The highest BCUT2D eigenvalue weighted by atomic mass is 35.5. The summed E-state index contributed by atoms with van der Waals surface area (Å²) in [6.45, 7) is 0. The average molecular weight is 684 g/mol. The summed E-state index contributed by atoms with van der Waals surface area (Å²) in [6.07, 6.45) is -19.9. The van der Waals surface area contributed by atoms with E-state index < -0.39 is 66.2 Å². The number of halogens is 21. The first kappa shape index (κ1) is 33.7. The molecule has 3 nitrogen and oxygen atoms in total. The van der Waals surface area contributed by atoms with Crippen LogP contribution in [0.4, 0.5) is 65.9 Å². The Labute approximate surface area is 217 Å². The van der Waals surface area contributed by atoms with Gasteiger partial charge in [0.2, 0.25) is 0 Å². The lowest BCUT2D eigenvalue weighted by Crippen LogP contribution is -2.55. The van der Waals surface area contributed by atoms with Crippen LogP contribution in [-0.4, -0.2) is 46.9 Å². The van der Waals surface area contributed by atoms with Gasteiger partial charge in [-0.05, 0) is 5.21 Å². The van der Waals surface area contributed by atoms with Crippen LogP contribution in [-0.2, 0) is 17.8 Å². The van der Waals surface area contributed by atoms with Crippen LogP contribution in [0, 0.1) is 0 Å². The summed E-state index contributed by atoms with van der Waals surface area (Å²) in [7, 11) is 0. The second-order valence-electron chi connectivity index (χ2n) is 6.30. The molecule has 0 N–H and O–H groups in total. The van der Waals surface area contributed by atoms with E-state index in [1.54, 1.807) is 0 Å². The Morgan fingerprint density at radius 2 is 0.611 bits per heavy atom. The Hall–Kier alpha value is -0.300. The number of hydrogen-bond donors (Lipinski definition) is 0. The molecule has 1 aromatic heterocycles. The number of rotatable bonds is 6. The molecular weight excluding hydrogens is 684 g/mol. The van der Waals surface area contributed by atoms with Crippen molar-refractivity contribution in [1.29, 1.82) is 0 Å². The van der Waals surface area contributed by atoms with Crippen LogP contribution in [0.3, 0.4) is 0 Å². The van der Waals surface area contributed by atoms with Gasteiger partial charge < -0.3 is 0 Å². The van der Waals surface area contributed by atoms with Crippen LogP contribution in [0.25, 0.3) is 0 Å². The molecule has 0 unspecified atom stereocenters. The Morgan fingerprint density at radius 1 is 0.389 bits per heavy atom. The first-order valence-corrected chi connectivity index (χ1v) is 9.83. The third-order valence-electron chi connectivity index (χ3n) is 3.92. The molecule has 0 bridgehead atoms. The van der Waals surface area contributed by atoms with E-state index in [-0.39, 0.29) is 0 Å². The molecule has 0 aromatic carbocycles. The van der Waals surface area contributed by atoms with Crippen molar-refractivity contribution in [2.75, 3.05) is 0 Å². The zero-order valence-electron chi connectivity index (χ0n) is 15.3. The maximum absolute atomic E-state index is 14.9. The highest BCUT2D eigenvalue weighted by Crippen LogP contribution is 2.63. The zero-order chi connectivity index (χ0) is 29.4. The molecule has 36 heavy (non-hydrogen) atoms. The monoisotopic (exact) mass is 681 g/mol. The first-order chi connectivity index (χ1) is 15.3. The Balaban J connectivity index is 4.41. The molecule has 210 valence electrons. The van der Waals surface area contributed by atoms with Crippen LogP contribution >= 0.6 is 69.6 Å². The molecule has 0 amide bonds. The summed E-state index contributed by atoms with van der Waals surface area (Å²) in [5, 5.41) is 5.63. The van der Waals surface area contributed by atoms with Crippen molar-refractivity contribution in [1.82, 2.24) is 15.4 Å². The molecule has 1 rings (SSSR count). The van der Waals surface area contributed by atoms with Gasteiger partial charge in [0.05, 0.1) is 5.56 Å². The first-order valence-electron chi connectivity index (χ1n) is 7.57. The van der Waals surface area contributed by atoms with Crippen molar-refractivity contribution in [2.45, 2.75) is 49.3 Å². The lowest BCUT2D eigenvalue weighted by molar-refractivity contribution is -0.216. The van der Waals surface area contributed by atoms with E-state index >= 15 is 0 Å². The van der Waals surface area contributed by atoms with Crippen LogP contribution in [0.1, 0.15) is 17.0 Å². The van der Waals surface area contributed by atoms with Gasteiger partial charge in [0.25, 0.3) is 13.0 Å². The Morgan fingerprint density at radius 3 is 0.833 bits per heavy atom. The fraction of sp³-hybridized carbons (Fsp3) is 0.750. The van der Waals surface area contributed by atoms with Crippen molar-refractivity contribution < 1.29 is 65.9 Å². The summed E-state index contributed by atoms with van der Waals surface area (Å²) in [5.74, 6) is -19.7. The topological polar surface area (TPSA) is 38.7 Å². The lowest BCUT2D eigenvalue weighted by Gasteiger charge is -2.38. The van der Waals surface area contributed by atoms with Crippen molar-refractivity contribution in [3.05, 3.63) is 17.0 Å². The fourth-order valence-electron chi connectivity index (χ4n) is 2.05. The summed E-state index contributed by atoms with van der Waals surface area (Å²) < 4.78 is 188. The minimum absolute atomic E-state index is 1.87. The summed E-state index contributed by atoms with van der Waals surface area (Å²) in [4.78, 5) is 0. The standard InChI is InChI=1S/C12Cl6F15N3/c13-7(14,10(25,26)27)4(19,20)1-2(5(21,22)8(15,16)11(28,29)30)34-36-35-3(1)6(23,24)9(17,18)12(31,32)33. The van der Waals surface area contributed by atoms with Gasteiger partial charge in [0.1, 0.15) is 11.4 Å². The highest BCUT2D eigenvalue weighted by molar-refractivity contribution is 6.51.